The molecule has 0 saturated heterocycles. The van der Waals surface area contributed by atoms with Crippen molar-refractivity contribution in [2.24, 2.45) is 0 Å². The molecule has 0 saturated carbocycles. The molecular weight excluding hydrogens is 202 g/mol. The highest BCUT2D eigenvalue weighted by molar-refractivity contribution is 5.98. The molecular formula is C12H12N3O+. The third-order valence-electron chi connectivity index (χ3n) is 2.10. The number of amides is 1. The maximum absolute atomic E-state index is 11.8. The monoisotopic (exact) mass is 214 g/mol. The largest absolute Gasteiger partial charge is 0.306 e. The average molecular weight is 214 g/mol. The molecule has 0 radical (unpaired) electrons. The van der Waals surface area contributed by atoms with E-state index in [-0.39, 0.29) is 5.91 Å². The van der Waals surface area contributed by atoms with Crippen LogP contribution in [0.2, 0.25) is 0 Å². The molecule has 4 nitrogen and oxygen atoms in total. The Bertz CT molecular complexity index is 497. The summed E-state index contributed by atoms with van der Waals surface area (Å²) in [6.07, 6.45) is 6.79. The summed E-state index contributed by atoms with van der Waals surface area (Å²) < 4.78 is 1.63. The van der Waals surface area contributed by atoms with Gasteiger partial charge < -0.3 is 0 Å². The SMILES string of the molecule is Cc1ccc[n+](NC(=O)c2cccnc2)c1. The number of carbonyl (C=O) groups is 1. The van der Waals surface area contributed by atoms with Crippen molar-refractivity contribution < 1.29 is 9.47 Å². The molecule has 1 N–H and O–H groups in total. The van der Waals surface area contributed by atoms with Gasteiger partial charge in [0.1, 0.15) is 0 Å². The fourth-order valence-electron chi connectivity index (χ4n) is 1.34. The van der Waals surface area contributed by atoms with Crippen molar-refractivity contribution in [3.63, 3.8) is 0 Å². The zero-order valence-electron chi connectivity index (χ0n) is 8.92. The normalized spacial score (nSPS) is 9.81. The highest BCUT2D eigenvalue weighted by atomic mass is 16.2. The zero-order valence-corrected chi connectivity index (χ0v) is 8.92. The number of hydrogen-bond donors (Lipinski definition) is 1. The summed E-state index contributed by atoms with van der Waals surface area (Å²) in [5, 5.41) is 0. The van der Waals surface area contributed by atoms with Crippen molar-refractivity contribution in [3.8, 4) is 0 Å². The molecule has 0 aliphatic carbocycles. The van der Waals surface area contributed by atoms with Gasteiger partial charge >= 0.3 is 5.91 Å². The summed E-state index contributed by atoms with van der Waals surface area (Å²) in [5.41, 5.74) is 4.35. The quantitative estimate of drug-likeness (QED) is 0.760. The van der Waals surface area contributed by atoms with E-state index in [1.165, 1.54) is 6.20 Å². The Morgan fingerprint density at radius 2 is 2.25 bits per heavy atom. The molecule has 2 rings (SSSR count). The van der Waals surface area contributed by atoms with Gasteiger partial charge in [0.15, 0.2) is 6.20 Å². The molecule has 0 spiro atoms. The smallest absolute Gasteiger partial charge is 0.264 e. The van der Waals surface area contributed by atoms with Crippen LogP contribution >= 0.6 is 0 Å². The Balaban J connectivity index is 2.14. The van der Waals surface area contributed by atoms with Gasteiger partial charge in [-0.3, -0.25) is 9.78 Å². The fourth-order valence-corrected chi connectivity index (χ4v) is 1.34. The van der Waals surface area contributed by atoms with Gasteiger partial charge in [-0.05, 0) is 25.1 Å². The molecule has 0 aliphatic rings. The first-order valence-electron chi connectivity index (χ1n) is 4.95. The molecule has 16 heavy (non-hydrogen) atoms. The van der Waals surface area contributed by atoms with Crippen molar-refractivity contribution in [3.05, 3.63) is 60.2 Å². The summed E-state index contributed by atoms with van der Waals surface area (Å²) in [4.78, 5) is 15.6. The molecule has 2 aromatic heterocycles. The summed E-state index contributed by atoms with van der Waals surface area (Å²) in [6, 6.07) is 7.29. The third kappa shape index (κ3) is 2.42. The number of nitrogens with zero attached hydrogens (tertiary/aromatic N) is 2. The molecule has 0 fully saturated rings. The number of nitrogens with one attached hydrogen (secondary N) is 1. The highest BCUT2D eigenvalue weighted by Gasteiger charge is 2.09. The molecule has 1 amide bonds. The number of carbonyl (C=O) groups excluding carboxylic acids is 1. The molecule has 0 aromatic carbocycles. The fraction of sp³-hybridized carbons (Fsp3) is 0.0833. The topological polar surface area (TPSA) is 45.9 Å². The van der Waals surface area contributed by atoms with Crippen molar-refractivity contribution >= 4 is 5.91 Å². The van der Waals surface area contributed by atoms with Crippen LogP contribution in [0.1, 0.15) is 15.9 Å². The first-order valence-corrected chi connectivity index (χ1v) is 4.95. The van der Waals surface area contributed by atoms with E-state index < -0.39 is 0 Å². The second-order valence-corrected chi connectivity index (χ2v) is 3.47. The third-order valence-corrected chi connectivity index (χ3v) is 2.10. The van der Waals surface area contributed by atoms with Gasteiger partial charge in [0.25, 0.3) is 0 Å². The maximum Gasteiger partial charge on any atom is 0.306 e. The molecule has 0 bridgehead atoms. The standard InChI is InChI=1S/C12H11N3O/c1-10-4-3-7-15(9-10)14-12(16)11-5-2-6-13-8-11/h2-9H,1H3/p+1. The molecule has 2 heterocycles. The molecule has 4 heteroatoms. The minimum atomic E-state index is -0.177. The average Bonchev–Trinajstić information content (AvgIpc) is 2.30. The molecule has 0 unspecified atom stereocenters. The van der Waals surface area contributed by atoms with Gasteiger partial charge in [0.05, 0.1) is 5.56 Å². The first kappa shape index (κ1) is 10.3. The highest BCUT2D eigenvalue weighted by Crippen LogP contribution is 1.95. The Labute approximate surface area is 93.5 Å². The van der Waals surface area contributed by atoms with Crippen LogP contribution in [-0.4, -0.2) is 10.9 Å². The predicted molar refractivity (Wildman–Crippen MR) is 59.3 cm³/mol. The summed E-state index contributed by atoms with van der Waals surface area (Å²) in [5.74, 6) is -0.177. The Hall–Kier alpha value is -2.23. The van der Waals surface area contributed by atoms with E-state index in [1.807, 2.05) is 25.3 Å². The lowest BCUT2D eigenvalue weighted by atomic mass is 10.3. The minimum Gasteiger partial charge on any atom is -0.264 e. The van der Waals surface area contributed by atoms with Gasteiger partial charge in [-0.1, -0.05) is 4.68 Å². The number of hydrogen-bond acceptors (Lipinski definition) is 2. The lowest BCUT2D eigenvalue weighted by molar-refractivity contribution is -0.641. The van der Waals surface area contributed by atoms with Crippen LogP contribution in [0.15, 0.2) is 49.1 Å². The van der Waals surface area contributed by atoms with Crippen molar-refractivity contribution in [2.45, 2.75) is 6.92 Å². The Morgan fingerprint density at radius 1 is 1.38 bits per heavy atom. The second-order valence-electron chi connectivity index (χ2n) is 3.47. The van der Waals surface area contributed by atoms with E-state index in [0.29, 0.717) is 5.56 Å². The van der Waals surface area contributed by atoms with Gasteiger partial charge in [0, 0.05) is 24.0 Å². The maximum atomic E-state index is 11.8. The zero-order chi connectivity index (χ0) is 11.4. The van der Waals surface area contributed by atoms with Crippen LogP contribution in [0.3, 0.4) is 0 Å². The molecule has 0 aliphatic heterocycles. The van der Waals surface area contributed by atoms with Crippen molar-refractivity contribution in [2.75, 3.05) is 5.43 Å². The lowest BCUT2D eigenvalue weighted by Gasteiger charge is -1.99. The van der Waals surface area contributed by atoms with Gasteiger partial charge in [-0.2, -0.15) is 0 Å². The van der Waals surface area contributed by atoms with Crippen LogP contribution in [0.25, 0.3) is 0 Å². The van der Waals surface area contributed by atoms with Crippen molar-refractivity contribution in [1.82, 2.24) is 4.98 Å². The predicted octanol–water partition coefficient (Wildman–Crippen LogP) is 1.06. The van der Waals surface area contributed by atoms with E-state index in [0.717, 1.165) is 5.56 Å². The van der Waals surface area contributed by atoms with Gasteiger partial charge in [-0.25, -0.2) is 0 Å². The number of aromatic nitrogens is 2. The van der Waals surface area contributed by atoms with E-state index in [4.69, 9.17) is 0 Å². The van der Waals surface area contributed by atoms with E-state index >= 15 is 0 Å². The minimum absolute atomic E-state index is 0.177. The lowest BCUT2D eigenvalue weighted by Crippen LogP contribution is -2.47. The second kappa shape index (κ2) is 4.53. The number of rotatable bonds is 2. The van der Waals surface area contributed by atoms with E-state index in [9.17, 15) is 4.79 Å². The van der Waals surface area contributed by atoms with E-state index in [2.05, 4.69) is 10.4 Å². The summed E-state index contributed by atoms with van der Waals surface area (Å²) in [6.45, 7) is 1.97. The van der Waals surface area contributed by atoms with Crippen LogP contribution in [0.5, 0.6) is 0 Å². The first-order chi connectivity index (χ1) is 7.75. The summed E-state index contributed by atoms with van der Waals surface area (Å²) >= 11 is 0. The molecule has 2 aromatic rings. The summed E-state index contributed by atoms with van der Waals surface area (Å²) in [7, 11) is 0. The van der Waals surface area contributed by atoms with Crippen LogP contribution in [0.4, 0.5) is 0 Å². The Kier molecular flexibility index (Phi) is 2.91. The van der Waals surface area contributed by atoms with Gasteiger partial charge in [-0.15, -0.1) is 5.43 Å². The van der Waals surface area contributed by atoms with Crippen LogP contribution in [-0.2, 0) is 0 Å². The van der Waals surface area contributed by atoms with Crippen LogP contribution in [0, 0.1) is 6.92 Å². The van der Waals surface area contributed by atoms with Gasteiger partial charge in [0.2, 0.25) is 6.20 Å². The van der Waals surface area contributed by atoms with E-state index in [1.54, 1.807) is 29.2 Å². The molecule has 80 valence electrons. The Morgan fingerprint density at radius 3 is 2.94 bits per heavy atom. The van der Waals surface area contributed by atoms with Crippen molar-refractivity contribution in [1.29, 1.82) is 0 Å². The van der Waals surface area contributed by atoms with Crippen LogP contribution < -0.4 is 10.1 Å². The number of pyridine rings is 2. The molecule has 0 atom stereocenters. The number of aryl methyl sites for hydroxylation is 1.